The standard InChI is InChI=1S/C15H12N4O3/c1-8-6-9-2-3-10(7-12(9)17-14(8)21)16-15(22)11-4-5-13(20)19-18-11/h2-7H,1H3,(H,16,22)(H,17,21)(H,19,20). The van der Waals surface area contributed by atoms with Gasteiger partial charge in [0.15, 0.2) is 0 Å². The van der Waals surface area contributed by atoms with E-state index in [1.54, 1.807) is 31.2 Å². The van der Waals surface area contributed by atoms with E-state index in [0.717, 1.165) is 5.39 Å². The highest BCUT2D eigenvalue weighted by atomic mass is 16.2. The minimum absolute atomic E-state index is 0.0945. The average molecular weight is 296 g/mol. The molecule has 0 aliphatic carbocycles. The maximum Gasteiger partial charge on any atom is 0.276 e. The third kappa shape index (κ3) is 2.64. The van der Waals surface area contributed by atoms with E-state index in [1.807, 2.05) is 0 Å². The molecule has 1 amide bonds. The SMILES string of the molecule is Cc1cc2ccc(NC(=O)c3ccc(=O)[nH]n3)cc2[nH]c1=O. The van der Waals surface area contributed by atoms with Crippen molar-refractivity contribution in [3.05, 3.63) is 68.4 Å². The van der Waals surface area contributed by atoms with E-state index in [-0.39, 0.29) is 16.8 Å². The van der Waals surface area contributed by atoms with Crippen molar-refractivity contribution in [3.8, 4) is 0 Å². The second-order valence-corrected chi connectivity index (χ2v) is 4.84. The quantitative estimate of drug-likeness (QED) is 0.659. The van der Waals surface area contributed by atoms with Crippen LogP contribution >= 0.6 is 0 Å². The molecule has 0 spiro atoms. The number of nitrogens with zero attached hydrogens (tertiary/aromatic N) is 1. The van der Waals surface area contributed by atoms with Crippen LogP contribution in [0.1, 0.15) is 16.1 Å². The summed E-state index contributed by atoms with van der Waals surface area (Å²) in [6.07, 6.45) is 0. The number of aromatic nitrogens is 3. The van der Waals surface area contributed by atoms with E-state index < -0.39 is 5.91 Å². The Hall–Kier alpha value is -3.22. The van der Waals surface area contributed by atoms with Crippen LogP contribution in [-0.2, 0) is 0 Å². The molecule has 0 saturated carbocycles. The zero-order chi connectivity index (χ0) is 15.7. The van der Waals surface area contributed by atoms with Gasteiger partial charge in [0.05, 0.1) is 5.52 Å². The lowest BCUT2D eigenvalue weighted by Crippen LogP contribution is -2.17. The third-order valence-corrected chi connectivity index (χ3v) is 3.20. The van der Waals surface area contributed by atoms with Crippen molar-refractivity contribution in [1.29, 1.82) is 0 Å². The molecule has 110 valence electrons. The second-order valence-electron chi connectivity index (χ2n) is 4.84. The van der Waals surface area contributed by atoms with Gasteiger partial charge in [-0.2, -0.15) is 5.10 Å². The van der Waals surface area contributed by atoms with Crippen LogP contribution in [0, 0.1) is 6.92 Å². The summed E-state index contributed by atoms with van der Waals surface area (Å²) in [6.45, 7) is 1.73. The van der Waals surface area contributed by atoms with Crippen LogP contribution in [0.25, 0.3) is 10.9 Å². The topological polar surface area (TPSA) is 108 Å². The van der Waals surface area contributed by atoms with E-state index in [4.69, 9.17) is 0 Å². The number of hydrogen-bond donors (Lipinski definition) is 3. The Kier molecular flexibility index (Phi) is 3.30. The van der Waals surface area contributed by atoms with Crippen molar-refractivity contribution < 1.29 is 4.79 Å². The summed E-state index contributed by atoms with van der Waals surface area (Å²) < 4.78 is 0. The molecule has 0 bridgehead atoms. The number of H-pyrrole nitrogens is 2. The lowest BCUT2D eigenvalue weighted by molar-refractivity contribution is 0.102. The minimum Gasteiger partial charge on any atom is -0.322 e. The number of aromatic amines is 2. The summed E-state index contributed by atoms with van der Waals surface area (Å²) in [4.78, 5) is 37.3. The molecule has 3 N–H and O–H groups in total. The number of fused-ring (bicyclic) bond motifs is 1. The normalized spacial score (nSPS) is 10.6. The number of pyridine rings is 1. The van der Waals surface area contributed by atoms with Gasteiger partial charge >= 0.3 is 0 Å². The van der Waals surface area contributed by atoms with E-state index >= 15 is 0 Å². The number of aryl methyl sites for hydroxylation is 1. The Balaban J connectivity index is 1.92. The van der Waals surface area contributed by atoms with E-state index in [9.17, 15) is 14.4 Å². The fraction of sp³-hybridized carbons (Fsp3) is 0.0667. The van der Waals surface area contributed by atoms with Crippen LogP contribution in [0.4, 0.5) is 5.69 Å². The molecular weight excluding hydrogens is 284 g/mol. The van der Waals surface area contributed by atoms with Gasteiger partial charge in [-0.25, -0.2) is 5.10 Å². The van der Waals surface area contributed by atoms with Crippen LogP contribution in [-0.4, -0.2) is 21.1 Å². The highest BCUT2D eigenvalue weighted by Gasteiger charge is 2.08. The van der Waals surface area contributed by atoms with Crippen LogP contribution in [0.2, 0.25) is 0 Å². The summed E-state index contributed by atoms with van der Waals surface area (Å²) in [5.74, 6) is -0.454. The first-order valence-electron chi connectivity index (χ1n) is 6.54. The van der Waals surface area contributed by atoms with Gasteiger partial charge in [-0.3, -0.25) is 14.4 Å². The fourth-order valence-corrected chi connectivity index (χ4v) is 2.05. The summed E-state index contributed by atoms with van der Waals surface area (Å²) in [6, 6.07) is 9.53. The third-order valence-electron chi connectivity index (χ3n) is 3.20. The number of rotatable bonds is 2. The van der Waals surface area contributed by atoms with Crippen molar-refractivity contribution in [2.24, 2.45) is 0 Å². The second kappa shape index (κ2) is 5.28. The fourth-order valence-electron chi connectivity index (χ4n) is 2.05. The molecule has 3 aromatic rings. The summed E-state index contributed by atoms with van der Waals surface area (Å²) in [5, 5.41) is 9.38. The van der Waals surface area contributed by atoms with Gasteiger partial charge in [-0.05, 0) is 36.6 Å². The Morgan fingerprint density at radius 2 is 1.95 bits per heavy atom. The molecule has 0 saturated heterocycles. The van der Waals surface area contributed by atoms with E-state index in [0.29, 0.717) is 16.8 Å². The molecule has 0 aliphatic rings. The highest BCUT2D eigenvalue weighted by molar-refractivity contribution is 6.03. The Bertz CT molecular complexity index is 967. The highest BCUT2D eigenvalue weighted by Crippen LogP contribution is 2.17. The number of benzene rings is 1. The number of carbonyl (C=O) groups is 1. The molecule has 0 unspecified atom stereocenters. The Morgan fingerprint density at radius 3 is 2.68 bits per heavy atom. The molecule has 7 heteroatoms. The molecule has 0 aliphatic heterocycles. The Labute approximate surface area is 124 Å². The van der Waals surface area contributed by atoms with Crippen LogP contribution in [0.15, 0.2) is 46.0 Å². The van der Waals surface area contributed by atoms with Crippen LogP contribution in [0.3, 0.4) is 0 Å². The van der Waals surface area contributed by atoms with Crippen molar-refractivity contribution in [3.63, 3.8) is 0 Å². The van der Waals surface area contributed by atoms with Gasteiger partial charge in [-0.1, -0.05) is 6.07 Å². The lowest BCUT2D eigenvalue weighted by atomic mass is 10.1. The molecule has 1 aromatic carbocycles. The Morgan fingerprint density at radius 1 is 1.14 bits per heavy atom. The number of hydrogen-bond acceptors (Lipinski definition) is 4. The van der Waals surface area contributed by atoms with Crippen molar-refractivity contribution in [2.75, 3.05) is 5.32 Å². The van der Waals surface area contributed by atoms with Gasteiger partial charge in [0.2, 0.25) is 0 Å². The predicted molar refractivity (Wildman–Crippen MR) is 82.1 cm³/mol. The van der Waals surface area contributed by atoms with Gasteiger partial charge in [0.1, 0.15) is 5.69 Å². The van der Waals surface area contributed by atoms with E-state index in [2.05, 4.69) is 20.5 Å². The van der Waals surface area contributed by atoms with Crippen LogP contribution < -0.4 is 16.4 Å². The first kappa shape index (κ1) is 13.7. The molecule has 0 radical (unpaired) electrons. The average Bonchev–Trinajstić information content (AvgIpc) is 2.49. The van der Waals surface area contributed by atoms with Gasteiger partial charge in [0, 0.05) is 17.3 Å². The van der Waals surface area contributed by atoms with Gasteiger partial charge < -0.3 is 10.3 Å². The van der Waals surface area contributed by atoms with Gasteiger partial charge in [0.25, 0.3) is 17.0 Å². The summed E-state index contributed by atoms with van der Waals surface area (Å²) in [5.41, 5.74) is 1.32. The molecular formula is C15H12N4O3. The molecule has 2 heterocycles. The number of carbonyl (C=O) groups excluding carboxylic acids is 1. The zero-order valence-electron chi connectivity index (χ0n) is 11.6. The van der Waals surface area contributed by atoms with Crippen LogP contribution in [0.5, 0.6) is 0 Å². The molecule has 0 atom stereocenters. The molecule has 2 aromatic heterocycles. The van der Waals surface area contributed by atoms with Gasteiger partial charge in [-0.15, -0.1) is 0 Å². The van der Waals surface area contributed by atoms with Crippen molar-refractivity contribution >= 4 is 22.5 Å². The predicted octanol–water partition coefficient (Wildman–Crippen LogP) is 1.17. The smallest absolute Gasteiger partial charge is 0.276 e. The summed E-state index contributed by atoms with van der Waals surface area (Å²) in [7, 11) is 0. The molecule has 3 rings (SSSR count). The number of amides is 1. The molecule has 0 fully saturated rings. The first-order chi connectivity index (χ1) is 10.5. The summed E-state index contributed by atoms with van der Waals surface area (Å²) >= 11 is 0. The maximum atomic E-state index is 12.0. The zero-order valence-corrected chi connectivity index (χ0v) is 11.6. The minimum atomic E-state index is -0.454. The van der Waals surface area contributed by atoms with Crippen molar-refractivity contribution in [2.45, 2.75) is 6.92 Å². The first-order valence-corrected chi connectivity index (χ1v) is 6.54. The van der Waals surface area contributed by atoms with E-state index in [1.165, 1.54) is 12.1 Å². The lowest BCUT2D eigenvalue weighted by Gasteiger charge is -2.06. The maximum absolute atomic E-state index is 12.0. The number of nitrogens with one attached hydrogen (secondary N) is 3. The number of anilines is 1. The molecule has 7 nitrogen and oxygen atoms in total. The monoisotopic (exact) mass is 296 g/mol. The molecule has 22 heavy (non-hydrogen) atoms. The largest absolute Gasteiger partial charge is 0.322 e. The van der Waals surface area contributed by atoms with Crippen molar-refractivity contribution in [1.82, 2.24) is 15.2 Å².